The predicted octanol–water partition coefficient (Wildman–Crippen LogP) is 3.58. The summed E-state index contributed by atoms with van der Waals surface area (Å²) in [6.45, 7) is 6.22. The Balaban J connectivity index is 2.09. The number of fused-ring (bicyclic) bond motifs is 3. The Morgan fingerprint density at radius 1 is 1.19 bits per heavy atom. The number of nitrogens with zero attached hydrogens (tertiary/aromatic N) is 1. The van der Waals surface area contributed by atoms with Gasteiger partial charge in [0.2, 0.25) is 5.91 Å². The van der Waals surface area contributed by atoms with E-state index in [1.807, 2.05) is 24.3 Å². The number of carbonyl (C=O) groups is 2. The Morgan fingerprint density at radius 2 is 1.90 bits per heavy atom. The van der Waals surface area contributed by atoms with Crippen LogP contribution in [0.1, 0.15) is 45.6 Å². The summed E-state index contributed by atoms with van der Waals surface area (Å²) in [5.74, 6) is -0.583. The molecule has 110 valence electrons. The van der Waals surface area contributed by atoms with E-state index in [0.717, 1.165) is 29.8 Å². The van der Waals surface area contributed by atoms with E-state index in [-0.39, 0.29) is 17.1 Å². The minimum atomic E-state index is -0.504. The van der Waals surface area contributed by atoms with Crippen LogP contribution in [-0.4, -0.2) is 11.7 Å². The van der Waals surface area contributed by atoms with Crippen LogP contribution in [0.3, 0.4) is 0 Å². The molecule has 2 aliphatic heterocycles. The van der Waals surface area contributed by atoms with E-state index in [1.54, 1.807) is 11.0 Å². The van der Waals surface area contributed by atoms with E-state index in [0.29, 0.717) is 6.42 Å². The molecule has 1 unspecified atom stereocenters. The van der Waals surface area contributed by atoms with E-state index in [4.69, 9.17) is 0 Å². The third-order valence-corrected chi connectivity index (χ3v) is 4.69. The molecule has 1 aromatic rings. The summed E-state index contributed by atoms with van der Waals surface area (Å²) in [6.07, 6.45) is 4.25. The molecular weight excluding hydrogens is 262 g/mol. The van der Waals surface area contributed by atoms with Crippen molar-refractivity contribution in [3.63, 3.8) is 0 Å². The maximum Gasteiger partial charge on any atom is 0.242 e. The van der Waals surface area contributed by atoms with Crippen LogP contribution in [0.2, 0.25) is 0 Å². The van der Waals surface area contributed by atoms with Crippen LogP contribution in [0.5, 0.6) is 0 Å². The SMILES string of the molecule is CCCCC1C(=O)C=C2N(C1=O)c1ccccc1C2(C)C. The van der Waals surface area contributed by atoms with Gasteiger partial charge >= 0.3 is 0 Å². The van der Waals surface area contributed by atoms with Crippen molar-refractivity contribution in [2.45, 2.75) is 45.4 Å². The molecule has 0 saturated heterocycles. The highest BCUT2D eigenvalue weighted by Gasteiger charge is 2.48. The van der Waals surface area contributed by atoms with Gasteiger partial charge in [0.25, 0.3) is 0 Å². The van der Waals surface area contributed by atoms with Crippen LogP contribution < -0.4 is 4.90 Å². The summed E-state index contributed by atoms with van der Waals surface area (Å²) in [5.41, 5.74) is 2.59. The van der Waals surface area contributed by atoms with Gasteiger partial charge in [0.15, 0.2) is 5.78 Å². The van der Waals surface area contributed by atoms with Crippen molar-refractivity contribution < 1.29 is 9.59 Å². The first-order valence-corrected chi connectivity index (χ1v) is 7.68. The number of allylic oxidation sites excluding steroid dienone is 2. The molecule has 21 heavy (non-hydrogen) atoms. The summed E-state index contributed by atoms with van der Waals surface area (Å²) < 4.78 is 0. The van der Waals surface area contributed by atoms with Crippen molar-refractivity contribution in [1.82, 2.24) is 0 Å². The van der Waals surface area contributed by atoms with Crippen molar-refractivity contribution in [1.29, 1.82) is 0 Å². The standard InChI is InChI=1S/C18H21NO2/c1-4-5-8-12-15(20)11-16-18(2,3)13-9-6-7-10-14(13)19(16)17(12)21/h6-7,9-12H,4-5,8H2,1-3H3. The lowest BCUT2D eigenvalue weighted by Gasteiger charge is -2.32. The van der Waals surface area contributed by atoms with Crippen molar-refractivity contribution >= 4 is 17.4 Å². The number of hydrogen-bond acceptors (Lipinski definition) is 2. The number of carbonyl (C=O) groups excluding carboxylic acids is 2. The van der Waals surface area contributed by atoms with Crippen LogP contribution in [0.15, 0.2) is 36.0 Å². The fourth-order valence-electron chi connectivity index (χ4n) is 3.41. The highest BCUT2D eigenvalue weighted by molar-refractivity contribution is 6.18. The van der Waals surface area contributed by atoms with Crippen molar-refractivity contribution in [2.24, 2.45) is 5.92 Å². The number of ketones is 1. The molecule has 0 radical (unpaired) electrons. The average Bonchev–Trinajstić information content (AvgIpc) is 2.68. The molecule has 1 aromatic carbocycles. The van der Waals surface area contributed by atoms with E-state index >= 15 is 0 Å². The maximum absolute atomic E-state index is 12.8. The Hall–Kier alpha value is -1.90. The Morgan fingerprint density at radius 3 is 2.62 bits per heavy atom. The van der Waals surface area contributed by atoms with Crippen LogP contribution >= 0.6 is 0 Å². The lowest BCUT2D eigenvalue weighted by molar-refractivity contribution is -0.130. The second kappa shape index (κ2) is 4.83. The van der Waals surface area contributed by atoms with E-state index < -0.39 is 5.92 Å². The van der Waals surface area contributed by atoms with Gasteiger partial charge in [-0.2, -0.15) is 0 Å². The highest BCUT2D eigenvalue weighted by Crippen LogP contribution is 2.49. The fourth-order valence-corrected chi connectivity index (χ4v) is 3.41. The predicted molar refractivity (Wildman–Crippen MR) is 83.1 cm³/mol. The zero-order valence-corrected chi connectivity index (χ0v) is 12.8. The Bertz CT molecular complexity index is 642. The van der Waals surface area contributed by atoms with Gasteiger partial charge in [0.05, 0.1) is 5.69 Å². The number of anilines is 1. The van der Waals surface area contributed by atoms with Gasteiger partial charge in [0.1, 0.15) is 5.92 Å². The van der Waals surface area contributed by atoms with Gasteiger partial charge < -0.3 is 0 Å². The van der Waals surface area contributed by atoms with E-state index in [9.17, 15) is 9.59 Å². The molecule has 2 aliphatic rings. The molecule has 1 amide bonds. The molecule has 0 bridgehead atoms. The molecule has 3 nitrogen and oxygen atoms in total. The minimum absolute atomic E-state index is 0.0272. The lowest BCUT2D eigenvalue weighted by Crippen LogP contribution is -2.43. The molecule has 1 atom stereocenters. The van der Waals surface area contributed by atoms with Gasteiger partial charge in [0, 0.05) is 17.2 Å². The van der Waals surface area contributed by atoms with Crippen LogP contribution in [0.4, 0.5) is 5.69 Å². The van der Waals surface area contributed by atoms with Crippen molar-refractivity contribution in [3.05, 3.63) is 41.6 Å². The highest BCUT2D eigenvalue weighted by atomic mass is 16.2. The Kier molecular flexibility index (Phi) is 3.23. The quantitative estimate of drug-likeness (QED) is 0.795. The van der Waals surface area contributed by atoms with Crippen LogP contribution in [0, 0.1) is 5.92 Å². The zero-order valence-electron chi connectivity index (χ0n) is 12.8. The van der Waals surface area contributed by atoms with Gasteiger partial charge in [-0.15, -0.1) is 0 Å². The average molecular weight is 283 g/mol. The first-order chi connectivity index (χ1) is 9.98. The molecule has 0 spiro atoms. The molecular formula is C18H21NO2. The lowest BCUT2D eigenvalue weighted by atomic mass is 9.81. The third-order valence-electron chi connectivity index (χ3n) is 4.69. The molecule has 0 fully saturated rings. The van der Waals surface area contributed by atoms with E-state index in [1.165, 1.54) is 0 Å². The molecule has 0 aromatic heterocycles. The number of rotatable bonds is 3. The number of hydrogen-bond donors (Lipinski definition) is 0. The molecule has 3 heteroatoms. The largest absolute Gasteiger partial charge is 0.294 e. The number of benzene rings is 1. The van der Waals surface area contributed by atoms with Crippen LogP contribution in [0.25, 0.3) is 0 Å². The molecule has 2 heterocycles. The third kappa shape index (κ3) is 1.95. The second-order valence-corrected chi connectivity index (χ2v) is 6.44. The summed E-state index contributed by atoms with van der Waals surface area (Å²) in [5, 5.41) is 0. The second-order valence-electron chi connectivity index (χ2n) is 6.44. The normalized spacial score (nSPS) is 22.9. The van der Waals surface area contributed by atoms with Crippen LogP contribution in [-0.2, 0) is 15.0 Å². The fraction of sp³-hybridized carbons (Fsp3) is 0.444. The first kappa shape index (κ1) is 14.1. The smallest absolute Gasteiger partial charge is 0.242 e. The maximum atomic E-state index is 12.8. The molecule has 0 N–H and O–H groups in total. The summed E-state index contributed by atoms with van der Waals surface area (Å²) >= 11 is 0. The molecule has 0 saturated carbocycles. The molecule has 3 rings (SSSR count). The zero-order chi connectivity index (χ0) is 15.2. The van der Waals surface area contributed by atoms with Crippen molar-refractivity contribution in [2.75, 3.05) is 4.90 Å². The van der Waals surface area contributed by atoms with E-state index in [2.05, 4.69) is 20.8 Å². The summed E-state index contributed by atoms with van der Waals surface area (Å²) in [4.78, 5) is 27.0. The monoisotopic (exact) mass is 283 g/mol. The topological polar surface area (TPSA) is 37.4 Å². The minimum Gasteiger partial charge on any atom is -0.294 e. The first-order valence-electron chi connectivity index (χ1n) is 7.68. The number of para-hydroxylation sites is 1. The summed E-state index contributed by atoms with van der Waals surface area (Å²) in [6, 6.07) is 7.96. The summed E-state index contributed by atoms with van der Waals surface area (Å²) in [7, 11) is 0. The molecule has 0 aliphatic carbocycles. The van der Waals surface area contributed by atoms with Gasteiger partial charge in [-0.1, -0.05) is 51.8 Å². The van der Waals surface area contributed by atoms with Gasteiger partial charge in [-0.25, -0.2) is 0 Å². The van der Waals surface area contributed by atoms with Crippen molar-refractivity contribution in [3.8, 4) is 0 Å². The number of unbranched alkanes of at least 4 members (excludes halogenated alkanes) is 1. The van der Waals surface area contributed by atoms with Gasteiger partial charge in [-0.3, -0.25) is 14.5 Å². The van der Waals surface area contributed by atoms with Gasteiger partial charge in [-0.05, 0) is 18.1 Å². The Labute approximate surface area is 125 Å². The number of amides is 1.